The van der Waals surface area contributed by atoms with Gasteiger partial charge in [0.2, 0.25) is 10.0 Å². The zero-order valence-electron chi connectivity index (χ0n) is 12.2. The van der Waals surface area contributed by atoms with Crippen LogP contribution in [0, 0.1) is 19.7 Å². The van der Waals surface area contributed by atoms with Crippen molar-refractivity contribution in [1.82, 2.24) is 4.72 Å². The molecular weight excluding hydrogens is 289 g/mol. The van der Waals surface area contributed by atoms with E-state index in [1.807, 2.05) is 31.2 Å². The highest BCUT2D eigenvalue weighted by Crippen LogP contribution is 2.19. The summed E-state index contributed by atoms with van der Waals surface area (Å²) < 4.78 is 40.5. The number of nitrogens with one attached hydrogen (secondary N) is 1. The molecule has 112 valence electrons. The Labute approximate surface area is 124 Å². The van der Waals surface area contributed by atoms with Gasteiger partial charge in [-0.2, -0.15) is 0 Å². The summed E-state index contributed by atoms with van der Waals surface area (Å²) in [5.74, 6) is -0.416. The quantitative estimate of drug-likeness (QED) is 0.940. The molecule has 5 heteroatoms. The first-order valence-corrected chi connectivity index (χ1v) is 8.13. The summed E-state index contributed by atoms with van der Waals surface area (Å²) in [5, 5.41) is 0. The molecule has 0 aliphatic carbocycles. The Morgan fingerprint density at radius 3 is 2.24 bits per heavy atom. The molecule has 1 N–H and O–H groups in total. The Bertz CT molecular complexity index is 739. The lowest BCUT2D eigenvalue weighted by atomic mass is 10.1. The van der Waals surface area contributed by atoms with E-state index >= 15 is 0 Å². The predicted molar refractivity (Wildman–Crippen MR) is 81.1 cm³/mol. The van der Waals surface area contributed by atoms with Gasteiger partial charge in [-0.3, -0.25) is 0 Å². The summed E-state index contributed by atoms with van der Waals surface area (Å²) in [4.78, 5) is 0.0698. The molecule has 21 heavy (non-hydrogen) atoms. The van der Waals surface area contributed by atoms with Crippen LogP contribution >= 0.6 is 0 Å². The van der Waals surface area contributed by atoms with Gasteiger partial charge in [-0.05, 0) is 50.1 Å². The third-order valence-corrected chi connectivity index (χ3v) is 4.89. The standard InChI is InChI=1S/C16H18FNO2S/c1-11-4-6-14(7-5-11)13(3)18-21(19,20)15-8-9-16(17)12(2)10-15/h4-10,13,18H,1-3H3/t13-/m1/s1. The maximum absolute atomic E-state index is 13.2. The Balaban J connectivity index is 2.24. The molecule has 0 heterocycles. The minimum Gasteiger partial charge on any atom is -0.207 e. The van der Waals surface area contributed by atoms with E-state index in [0.29, 0.717) is 5.56 Å². The van der Waals surface area contributed by atoms with Crippen molar-refractivity contribution in [2.45, 2.75) is 31.7 Å². The van der Waals surface area contributed by atoms with Crippen molar-refractivity contribution >= 4 is 10.0 Å². The topological polar surface area (TPSA) is 46.2 Å². The van der Waals surface area contributed by atoms with E-state index in [9.17, 15) is 12.8 Å². The number of hydrogen-bond donors (Lipinski definition) is 1. The van der Waals surface area contributed by atoms with Gasteiger partial charge in [0.25, 0.3) is 0 Å². The van der Waals surface area contributed by atoms with Crippen LogP contribution in [-0.4, -0.2) is 8.42 Å². The summed E-state index contributed by atoms with van der Waals surface area (Å²) in [5.41, 5.74) is 2.30. The third-order valence-electron chi connectivity index (χ3n) is 3.35. The van der Waals surface area contributed by atoms with Gasteiger partial charge >= 0.3 is 0 Å². The second kappa shape index (κ2) is 5.95. The summed E-state index contributed by atoms with van der Waals surface area (Å²) in [6, 6.07) is 11.1. The van der Waals surface area contributed by atoms with Crippen molar-refractivity contribution in [3.05, 3.63) is 65.0 Å². The second-order valence-corrected chi connectivity index (χ2v) is 6.88. The lowest BCUT2D eigenvalue weighted by molar-refractivity contribution is 0.566. The van der Waals surface area contributed by atoms with Gasteiger partial charge in [-0.1, -0.05) is 29.8 Å². The molecule has 3 nitrogen and oxygen atoms in total. The van der Waals surface area contributed by atoms with Gasteiger partial charge in [-0.25, -0.2) is 17.5 Å². The maximum atomic E-state index is 13.2. The zero-order chi connectivity index (χ0) is 15.6. The number of rotatable bonds is 4. The first kappa shape index (κ1) is 15.7. The second-order valence-electron chi connectivity index (χ2n) is 5.16. The maximum Gasteiger partial charge on any atom is 0.241 e. The van der Waals surface area contributed by atoms with Gasteiger partial charge in [0.05, 0.1) is 4.90 Å². The number of halogens is 1. The van der Waals surface area contributed by atoms with Crippen LogP contribution < -0.4 is 4.72 Å². The fourth-order valence-corrected chi connectivity index (χ4v) is 3.33. The number of aryl methyl sites for hydroxylation is 2. The van der Waals surface area contributed by atoms with Gasteiger partial charge < -0.3 is 0 Å². The summed E-state index contributed by atoms with van der Waals surface area (Å²) in [6.07, 6.45) is 0. The normalized spacial score (nSPS) is 13.1. The first-order valence-electron chi connectivity index (χ1n) is 6.64. The minimum absolute atomic E-state index is 0.0698. The van der Waals surface area contributed by atoms with Crippen LogP contribution in [0.1, 0.15) is 29.7 Å². The molecule has 0 saturated heterocycles. The number of sulfonamides is 1. The molecule has 0 aromatic heterocycles. The molecule has 0 amide bonds. The highest BCUT2D eigenvalue weighted by molar-refractivity contribution is 7.89. The van der Waals surface area contributed by atoms with E-state index in [1.165, 1.54) is 25.1 Å². The molecule has 2 rings (SSSR count). The van der Waals surface area contributed by atoms with E-state index in [2.05, 4.69) is 4.72 Å². The van der Waals surface area contributed by atoms with E-state index < -0.39 is 15.8 Å². The minimum atomic E-state index is -3.67. The highest BCUT2D eigenvalue weighted by atomic mass is 32.2. The molecule has 1 atom stereocenters. The lowest BCUT2D eigenvalue weighted by Gasteiger charge is -2.15. The Kier molecular flexibility index (Phi) is 4.44. The van der Waals surface area contributed by atoms with Gasteiger partial charge in [0, 0.05) is 6.04 Å². The first-order chi connectivity index (χ1) is 9.79. The van der Waals surface area contributed by atoms with Crippen molar-refractivity contribution in [2.75, 3.05) is 0 Å². The van der Waals surface area contributed by atoms with Crippen molar-refractivity contribution in [3.8, 4) is 0 Å². The van der Waals surface area contributed by atoms with Crippen LogP contribution in [-0.2, 0) is 10.0 Å². The van der Waals surface area contributed by atoms with Gasteiger partial charge in [0.1, 0.15) is 5.82 Å². The fraction of sp³-hybridized carbons (Fsp3) is 0.250. The van der Waals surface area contributed by atoms with Gasteiger partial charge in [0.15, 0.2) is 0 Å². The predicted octanol–water partition coefficient (Wildman–Crippen LogP) is 3.48. The molecule has 0 spiro atoms. The van der Waals surface area contributed by atoms with E-state index in [4.69, 9.17) is 0 Å². The molecule has 2 aromatic rings. The van der Waals surface area contributed by atoms with Crippen molar-refractivity contribution in [2.24, 2.45) is 0 Å². The fourth-order valence-electron chi connectivity index (χ4n) is 2.01. The largest absolute Gasteiger partial charge is 0.241 e. The van der Waals surface area contributed by atoms with Crippen LogP contribution in [0.2, 0.25) is 0 Å². The molecule has 2 aromatic carbocycles. The van der Waals surface area contributed by atoms with E-state index in [1.54, 1.807) is 6.92 Å². The molecule has 0 aliphatic heterocycles. The van der Waals surface area contributed by atoms with Crippen LogP contribution in [0.25, 0.3) is 0 Å². The number of hydrogen-bond acceptors (Lipinski definition) is 2. The van der Waals surface area contributed by atoms with Gasteiger partial charge in [-0.15, -0.1) is 0 Å². The molecule has 0 radical (unpaired) electrons. The smallest absolute Gasteiger partial charge is 0.207 e. The van der Waals surface area contributed by atoms with Crippen molar-refractivity contribution in [3.63, 3.8) is 0 Å². The average molecular weight is 307 g/mol. The van der Waals surface area contributed by atoms with Crippen molar-refractivity contribution in [1.29, 1.82) is 0 Å². The Morgan fingerprint density at radius 2 is 1.67 bits per heavy atom. The molecule has 0 saturated carbocycles. The highest BCUT2D eigenvalue weighted by Gasteiger charge is 2.19. The molecular formula is C16H18FNO2S. The summed E-state index contributed by atoms with van der Waals surface area (Å²) >= 11 is 0. The van der Waals surface area contributed by atoms with E-state index in [-0.39, 0.29) is 10.9 Å². The average Bonchev–Trinajstić information content (AvgIpc) is 2.42. The lowest BCUT2D eigenvalue weighted by Crippen LogP contribution is -2.27. The summed E-state index contributed by atoms with van der Waals surface area (Å²) in [7, 11) is -3.67. The van der Waals surface area contributed by atoms with E-state index in [0.717, 1.165) is 11.1 Å². The molecule has 0 aliphatic rings. The number of benzene rings is 2. The Hall–Kier alpha value is -1.72. The summed E-state index contributed by atoms with van der Waals surface area (Å²) in [6.45, 7) is 5.29. The van der Waals surface area contributed by atoms with Crippen LogP contribution in [0.15, 0.2) is 47.4 Å². The molecule has 0 unspecified atom stereocenters. The Morgan fingerprint density at radius 1 is 1.05 bits per heavy atom. The monoisotopic (exact) mass is 307 g/mol. The molecule has 0 bridgehead atoms. The van der Waals surface area contributed by atoms with Crippen molar-refractivity contribution < 1.29 is 12.8 Å². The van der Waals surface area contributed by atoms with Crippen LogP contribution in [0.5, 0.6) is 0 Å². The SMILES string of the molecule is Cc1ccc([C@@H](C)NS(=O)(=O)c2ccc(F)c(C)c2)cc1. The van der Waals surface area contributed by atoms with Crippen LogP contribution in [0.4, 0.5) is 4.39 Å². The zero-order valence-corrected chi connectivity index (χ0v) is 13.0. The third kappa shape index (κ3) is 3.68. The molecule has 0 fully saturated rings. The van der Waals surface area contributed by atoms with Crippen LogP contribution in [0.3, 0.4) is 0 Å².